The molecule has 0 atom stereocenters. The van der Waals surface area contributed by atoms with Crippen molar-refractivity contribution in [1.29, 1.82) is 0 Å². The standard InChI is InChI=1S/C13H17ClN2O/c1-3-15-11-5-4-9(14)8-10(11)12(17)16-13(2)6-7-13/h4-5,8,15H,3,6-7H2,1-2H3,(H,16,17). The van der Waals surface area contributed by atoms with Crippen LogP contribution in [0, 0.1) is 0 Å². The summed E-state index contributed by atoms with van der Waals surface area (Å²) in [4.78, 5) is 12.1. The zero-order valence-corrected chi connectivity index (χ0v) is 10.9. The molecule has 0 radical (unpaired) electrons. The zero-order valence-electron chi connectivity index (χ0n) is 10.1. The van der Waals surface area contributed by atoms with E-state index in [1.54, 1.807) is 12.1 Å². The third kappa shape index (κ3) is 2.91. The molecule has 1 amide bonds. The molecule has 17 heavy (non-hydrogen) atoms. The van der Waals surface area contributed by atoms with Crippen molar-refractivity contribution in [1.82, 2.24) is 5.32 Å². The average Bonchev–Trinajstić information content (AvgIpc) is 2.99. The normalized spacial score (nSPS) is 16.4. The van der Waals surface area contributed by atoms with Gasteiger partial charge in [-0.1, -0.05) is 11.6 Å². The van der Waals surface area contributed by atoms with Crippen molar-refractivity contribution in [3.63, 3.8) is 0 Å². The van der Waals surface area contributed by atoms with Crippen molar-refractivity contribution in [2.75, 3.05) is 11.9 Å². The topological polar surface area (TPSA) is 41.1 Å². The predicted octanol–water partition coefficient (Wildman–Crippen LogP) is 3.05. The first-order valence-corrected chi connectivity index (χ1v) is 6.28. The number of hydrogen-bond acceptors (Lipinski definition) is 2. The Labute approximate surface area is 107 Å². The molecule has 3 nitrogen and oxygen atoms in total. The average molecular weight is 253 g/mol. The number of rotatable bonds is 4. The van der Waals surface area contributed by atoms with Crippen LogP contribution in [-0.2, 0) is 0 Å². The monoisotopic (exact) mass is 252 g/mol. The van der Waals surface area contributed by atoms with Crippen LogP contribution in [0.3, 0.4) is 0 Å². The molecule has 1 aromatic rings. The largest absolute Gasteiger partial charge is 0.385 e. The van der Waals surface area contributed by atoms with E-state index in [9.17, 15) is 4.79 Å². The molecule has 0 saturated heterocycles. The van der Waals surface area contributed by atoms with E-state index in [2.05, 4.69) is 17.6 Å². The molecule has 1 aliphatic carbocycles. The van der Waals surface area contributed by atoms with Gasteiger partial charge in [0.05, 0.1) is 5.56 Å². The fourth-order valence-electron chi connectivity index (χ4n) is 1.70. The summed E-state index contributed by atoms with van der Waals surface area (Å²) in [5.41, 5.74) is 1.44. The molecule has 0 unspecified atom stereocenters. The second-order valence-electron chi connectivity index (χ2n) is 4.74. The van der Waals surface area contributed by atoms with Gasteiger partial charge in [-0.3, -0.25) is 4.79 Å². The molecule has 1 fully saturated rings. The Morgan fingerprint density at radius 1 is 1.47 bits per heavy atom. The van der Waals surface area contributed by atoms with Crippen molar-refractivity contribution < 1.29 is 4.79 Å². The fourth-order valence-corrected chi connectivity index (χ4v) is 1.87. The summed E-state index contributed by atoms with van der Waals surface area (Å²) < 4.78 is 0. The minimum Gasteiger partial charge on any atom is -0.385 e. The zero-order chi connectivity index (χ0) is 12.5. The Balaban J connectivity index is 2.22. The fraction of sp³-hybridized carbons (Fsp3) is 0.462. The third-order valence-electron chi connectivity index (χ3n) is 3.01. The maximum absolute atomic E-state index is 12.1. The quantitative estimate of drug-likeness (QED) is 0.865. The van der Waals surface area contributed by atoms with Crippen LogP contribution in [0.1, 0.15) is 37.0 Å². The van der Waals surface area contributed by atoms with Gasteiger partial charge < -0.3 is 10.6 Å². The molecule has 2 N–H and O–H groups in total. The van der Waals surface area contributed by atoms with Crippen LogP contribution in [0.4, 0.5) is 5.69 Å². The van der Waals surface area contributed by atoms with Gasteiger partial charge in [-0.05, 0) is 44.9 Å². The highest BCUT2D eigenvalue weighted by Gasteiger charge is 2.39. The predicted molar refractivity (Wildman–Crippen MR) is 70.7 cm³/mol. The van der Waals surface area contributed by atoms with E-state index in [4.69, 9.17) is 11.6 Å². The van der Waals surface area contributed by atoms with E-state index in [-0.39, 0.29) is 11.4 Å². The van der Waals surface area contributed by atoms with E-state index in [0.717, 1.165) is 25.1 Å². The van der Waals surface area contributed by atoms with Crippen LogP contribution in [0.2, 0.25) is 5.02 Å². The molecule has 0 spiro atoms. The highest BCUT2D eigenvalue weighted by atomic mass is 35.5. The third-order valence-corrected chi connectivity index (χ3v) is 3.24. The molecule has 0 heterocycles. The lowest BCUT2D eigenvalue weighted by molar-refractivity contribution is 0.0936. The Morgan fingerprint density at radius 3 is 2.76 bits per heavy atom. The van der Waals surface area contributed by atoms with E-state index in [1.165, 1.54) is 0 Å². The summed E-state index contributed by atoms with van der Waals surface area (Å²) in [6.45, 7) is 4.83. The van der Waals surface area contributed by atoms with Gasteiger partial charge in [0.2, 0.25) is 0 Å². The molecule has 1 saturated carbocycles. The molecule has 4 heteroatoms. The molecule has 0 aromatic heterocycles. The van der Waals surface area contributed by atoms with Crippen molar-refractivity contribution in [2.45, 2.75) is 32.2 Å². The number of nitrogens with one attached hydrogen (secondary N) is 2. The Hall–Kier alpha value is -1.22. The highest BCUT2D eigenvalue weighted by molar-refractivity contribution is 6.31. The lowest BCUT2D eigenvalue weighted by Crippen LogP contribution is -2.34. The first-order chi connectivity index (χ1) is 8.04. The van der Waals surface area contributed by atoms with E-state index >= 15 is 0 Å². The molecule has 0 aliphatic heterocycles. The summed E-state index contributed by atoms with van der Waals surface area (Å²) in [5, 5.41) is 6.79. The van der Waals surface area contributed by atoms with E-state index in [1.807, 2.05) is 13.0 Å². The second-order valence-corrected chi connectivity index (χ2v) is 5.17. The molecule has 2 rings (SSSR count). The number of benzene rings is 1. The SMILES string of the molecule is CCNc1ccc(Cl)cc1C(=O)NC1(C)CC1. The van der Waals surface area contributed by atoms with Crippen molar-refractivity contribution in [3.8, 4) is 0 Å². The van der Waals surface area contributed by atoms with Crippen molar-refractivity contribution in [3.05, 3.63) is 28.8 Å². The summed E-state index contributed by atoms with van der Waals surface area (Å²) in [6.07, 6.45) is 2.10. The van der Waals surface area contributed by atoms with Gasteiger partial charge in [0.25, 0.3) is 5.91 Å². The molecule has 0 bridgehead atoms. The number of hydrogen-bond donors (Lipinski definition) is 2. The van der Waals surface area contributed by atoms with Crippen LogP contribution in [0.15, 0.2) is 18.2 Å². The Bertz CT molecular complexity index is 441. The van der Waals surface area contributed by atoms with Crippen molar-refractivity contribution >= 4 is 23.2 Å². The van der Waals surface area contributed by atoms with Gasteiger partial charge in [0.1, 0.15) is 0 Å². The second kappa shape index (κ2) is 4.57. The van der Waals surface area contributed by atoms with Gasteiger partial charge in [-0.15, -0.1) is 0 Å². The number of amides is 1. The van der Waals surface area contributed by atoms with Gasteiger partial charge in [-0.2, -0.15) is 0 Å². The smallest absolute Gasteiger partial charge is 0.253 e. The minimum atomic E-state index is -0.0524. The summed E-state index contributed by atoms with van der Waals surface area (Å²) in [7, 11) is 0. The van der Waals surface area contributed by atoms with E-state index in [0.29, 0.717) is 10.6 Å². The number of halogens is 1. The number of carbonyl (C=O) groups is 1. The van der Waals surface area contributed by atoms with Crippen LogP contribution >= 0.6 is 11.6 Å². The number of carbonyl (C=O) groups excluding carboxylic acids is 1. The van der Waals surface area contributed by atoms with Crippen LogP contribution in [0.25, 0.3) is 0 Å². The molecular weight excluding hydrogens is 236 g/mol. The van der Waals surface area contributed by atoms with Gasteiger partial charge >= 0.3 is 0 Å². The number of anilines is 1. The molecular formula is C13H17ClN2O. The lowest BCUT2D eigenvalue weighted by atomic mass is 10.1. The van der Waals surface area contributed by atoms with Crippen LogP contribution < -0.4 is 10.6 Å². The molecule has 1 aromatic carbocycles. The van der Waals surface area contributed by atoms with Gasteiger partial charge in [-0.25, -0.2) is 0 Å². The van der Waals surface area contributed by atoms with Gasteiger partial charge in [0, 0.05) is 22.8 Å². The lowest BCUT2D eigenvalue weighted by Gasteiger charge is -2.15. The summed E-state index contributed by atoms with van der Waals surface area (Å²) >= 11 is 5.94. The van der Waals surface area contributed by atoms with Crippen LogP contribution in [-0.4, -0.2) is 18.0 Å². The van der Waals surface area contributed by atoms with Crippen LogP contribution in [0.5, 0.6) is 0 Å². The van der Waals surface area contributed by atoms with Gasteiger partial charge in [0.15, 0.2) is 0 Å². The summed E-state index contributed by atoms with van der Waals surface area (Å²) in [5.74, 6) is -0.0524. The van der Waals surface area contributed by atoms with E-state index < -0.39 is 0 Å². The highest BCUT2D eigenvalue weighted by Crippen LogP contribution is 2.35. The minimum absolute atomic E-state index is 0.0110. The van der Waals surface area contributed by atoms with Crippen molar-refractivity contribution in [2.24, 2.45) is 0 Å². The Kier molecular flexibility index (Phi) is 3.29. The molecule has 92 valence electrons. The summed E-state index contributed by atoms with van der Waals surface area (Å²) in [6, 6.07) is 5.34. The Morgan fingerprint density at radius 2 is 2.18 bits per heavy atom. The molecule has 1 aliphatic rings. The maximum atomic E-state index is 12.1. The first kappa shape index (κ1) is 12.2. The first-order valence-electron chi connectivity index (χ1n) is 5.90. The maximum Gasteiger partial charge on any atom is 0.253 e.